The maximum absolute atomic E-state index is 14.4. The highest BCUT2D eigenvalue weighted by molar-refractivity contribution is 8.14. The van der Waals surface area contributed by atoms with Crippen molar-refractivity contribution in [3.8, 4) is 11.8 Å². The molecule has 236 valence electrons. The second-order valence-electron chi connectivity index (χ2n) is 13.2. The molecular formula is C34H39ClO8S. The largest absolute Gasteiger partial charge is 0.457 e. The minimum Gasteiger partial charge on any atom is -0.457 e. The number of rotatable bonds is 6. The van der Waals surface area contributed by atoms with Crippen LogP contribution in [0.15, 0.2) is 46.6 Å². The molecule has 0 spiro atoms. The van der Waals surface area contributed by atoms with Crippen molar-refractivity contribution in [1.82, 2.24) is 0 Å². The van der Waals surface area contributed by atoms with Gasteiger partial charge in [0.15, 0.2) is 18.0 Å². The Morgan fingerprint density at radius 3 is 2.66 bits per heavy atom. The summed E-state index contributed by atoms with van der Waals surface area (Å²) in [6, 6.07) is 3.07. The molecule has 8 atom stereocenters. The number of alkyl halides is 1. The summed E-state index contributed by atoms with van der Waals surface area (Å²) in [5.41, 5.74) is -2.41. The van der Waals surface area contributed by atoms with Crippen LogP contribution >= 0.6 is 23.4 Å². The highest BCUT2D eigenvalue weighted by atomic mass is 35.5. The number of halogens is 1. The quantitative estimate of drug-likeness (QED) is 0.243. The highest BCUT2D eigenvalue weighted by Crippen LogP contribution is 2.72. The lowest BCUT2D eigenvalue weighted by atomic mass is 9.46. The van der Waals surface area contributed by atoms with Gasteiger partial charge in [-0.15, -0.1) is 11.6 Å². The summed E-state index contributed by atoms with van der Waals surface area (Å²) in [6.45, 7) is 9.20. The standard InChI is InChI=1S/C34H39ClO8S/c1-20(2)28(38)42-14-6-7-16-44-30(40)34(43-29(39)26-9-8-15-41-26)21(3)17-25-24-11-10-22-18-23(36)12-13-31(22,4)33(24,35)27(37)19-32(25,34)5/h8-9,12-13,15,18,20-21,24-25,27,37H,10-11,14,16-17,19H2,1-5H3/t21-,24+,25+,27+,31+,32+,33+,34+/m1/s1. The number of thioether (sulfide) groups is 1. The van der Waals surface area contributed by atoms with Gasteiger partial charge in [0.05, 0.1) is 28.9 Å². The van der Waals surface area contributed by atoms with Gasteiger partial charge in [0.2, 0.25) is 10.9 Å². The topological polar surface area (TPSA) is 120 Å². The molecule has 1 aromatic rings. The lowest BCUT2D eigenvalue weighted by Gasteiger charge is -2.64. The molecule has 3 saturated carbocycles. The summed E-state index contributed by atoms with van der Waals surface area (Å²) in [5, 5.41) is 11.6. The van der Waals surface area contributed by atoms with Crippen molar-refractivity contribution < 1.29 is 38.2 Å². The van der Waals surface area contributed by atoms with E-state index >= 15 is 0 Å². The van der Waals surface area contributed by atoms with E-state index in [2.05, 4.69) is 11.8 Å². The first-order chi connectivity index (χ1) is 20.7. The van der Waals surface area contributed by atoms with E-state index in [1.54, 1.807) is 26.0 Å². The first-order valence-corrected chi connectivity index (χ1v) is 16.5. The van der Waals surface area contributed by atoms with E-state index in [9.17, 15) is 24.3 Å². The summed E-state index contributed by atoms with van der Waals surface area (Å²) >= 11 is 8.53. The van der Waals surface area contributed by atoms with Crippen LogP contribution in [0.1, 0.15) is 70.9 Å². The average molecular weight is 643 g/mol. The van der Waals surface area contributed by atoms with Crippen LogP contribution in [0, 0.1) is 46.3 Å². The van der Waals surface area contributed by atoms with Crippen LogP contribution in [0.4, 0.5) is 0 Å². The predicted molar refractivity (Wildman–Crippen MR) is 166 cm³/mol. The number of aliphatic hydroxyl groups is 1. The van der Waals surface area contributed by atoms with Crippen molar-refractivity contribution in [2.45, 2.75) is 76.9 Å². The second-order valence-corrected chi connectivity index (χ2v) is 14.8. The molecule has 0 bridgehead atoms. The molecule has 1 aromatic heterocycles. The first-order valence-electron chi connectivity index (χ1n) is 15.1. The molecule has 0 radical (unpaired) electrons. The molecule has 1 N–H and O–H groups in total. The molecular weight excluding hydrogens is 604 g/mol. The Kier molecular flexibility index (Phi) is 8.78. The van der Waals surface area contributed by atoms with E-state index in [-0.39, 0.29) is 59.2 Å². The smallest absolute Gasteiger partial charge is 0.375 e. The monoisotopic (exact) mass is 642 g/mol. The summed E-state index contributed by atoms with van der Waals surface area (Å²) in [7, 11) is 0. The number of hydrogen-bond donors (Lipinski definition) is 1. The van der Waals surface area contributed by atoms with Crippen LogP contribution in [-0.2, 0) is 23.9 Å². The van der Waals surface area contributed by atoms with E-state index in [1.807, 2.05) is 26.8 Å². The van der Waals surface area contributed by atoms with Crippen molar-refractivity contribution in [3.05, 3.63) is 48.0 Å². The van der Waals surface area contributed by atoms with Crippen LogP contribution in [0.5, 0.6) is 0 Å². The van der Waals surface area contributed by atoms with Crippen LogP contribution in [0.2, 0.25) is 0 Å². The van der Waals surface area contributed by atoms with Crippen LogP contribution in [0.25, 0.3) is 0 Å². The van der Waals surface area contributed by atoms with Crippen LogP contribution in [-0.4, -0.2) is 56.9 Å². The maximum Gasteiger partial charge on any atom is 0.375 e. The number of allylic oxidation sites excluding steroid dienone is 4. The Bertz CT molecular complexity index is 1470. The van der Waals surface area contributed by atoms with Crippen molar-refractivity contribution in [3.63, 3.8) is 0 Å². The molecule has 1 heterocycles. The number of ether oxygens (including phenoxy) is 2. The van der Waals surface area contributed by atoms with Crippen molar-refractivity contribution in [2.24, 2.45) is 34.5 Å². The second kappa shape index (κ2) is 11.9. The van der Waals surface area contributed by atoms with E-state index < -0.39 is 39.3 Å². The molecule has 10 heteroatoms. The Hall–Kier alpha value is -2.80. The number of carbonyl (C=O) groups is 4. The third kappa shape index (κ3) is 4.89. The van der Waals surface area contributed by atoms with E-state index in [1.165, 1.54) is 18.4 Å². The number of ketones is 1. The number of aliphatic hydroxyl groups excluding tert-OH is 1. The molecule has 0 aliphatic heterocycles. The summed E-state index contributed by atoms with van der Waals surface area (Å²) in [6.07, 6.45) is 7.21. The molecule has 0 amide bonds. The molecule has 5 rings (SSSR count). The third-order valence-corrected chi connectivity index (χ3v) is 12.4. The normalized spacial score (nSPS) is 37.2. The van der Waals surface area contributed by atoms with E-state index in [0.29, 0.717) is 19.3 Å². The van der Waals surface area contributed by atoms with Gasteiger partial charge in [0.1, 0.15) is 0 Å². The van der Waals surface area contributed by atoms with Crippen LogP contribution in [0.3, 0.4) is 0 Å². The van der Waals surface area contributed by atoms with Crippen molar-refractivity contribution in [1.29, 1.82) is 0 Å². The molecule has 8 nitrogen and oxygen atoms in total. The van der Waals surface area contributed by atoms with Gasteiger partial charge in [-0.1, -0.05) is 69.9 Å². The van der Waals surface area contributed by atoms with Gasteiger partial charge in [-0.05, 0) is 61.8 Å². The average Bonchev–Trinajstić information content (AvgIpc) is 3.58. The molecule has 4 aliphatic rings. The van der Waals surface area contributed by atoms with E-state index in [0.717, 1.165) is 17.3 Å². The Morgan fingerprint density at radius 1 is 1.23 bits per heavy atom. The molecule has 4 aliphatic carbocycles. The predicted octanol–water partition coefficient (Wildman–Crippen LogP) is 5.52. The van der Waals surface area contributed by atoms with Gasteiger partial charge in [-0.2, -0.15) is 0 Å². The molecule has 0 aromatic carbocycles. The zero-order valence-corrected chi connectivity index (χ0v) is 27.3. The van der Waals surface area contributed by atoms with Gasteiger partial charge >= 0.3 is 11.9 Å². The number of fused-ring (bicyclic) bond motifs is 5. The summed E-state index contributed by atoms with van der Waals surface area (Å²) in [4.78, 5) is 50.7. The van der Waals surface area contributed by atoms with Gasteiger partial charge in [-0.3, -0.25) is 14.4 Å². The van der Waals surface area contributed by atoms with Crippen molar-refractivity contribution in [2.75, 3.05) is 12.4 Å². The summed E-state index contributed by atoms with van der Waals surface area (Å²) < 4.78 is 16.7. The molecule has 44 heavy (non-hydrogen) atoms. The Morgan fingerprint density at radius 2 is 1.98 bits per heavy atom. The Balaban J connectivity index is 1.48. The Labute approximate surface area is 267 Å². The van der Waals surface area contributed by atoms with Crippen molar-refractivity contribution >= 4 is 46.2 Å². The molecule has 0 unspecified atom stereocenters. The van der Waals surface area contributed by atoms with Gasteiger partial charge in [0, 0.05) is 16.7 Å². The lowest BCUT2D eigenvalue weighted by molar-refractivity contribution is -0.172. The first kappa shape index (κ1) is 32.6. The number of furan rings is 1. The minimum atomic E-state index is -1.60. The summed E-state index contributed by atoms with van der Waals surface area (Å²) in [5.74, 6) is 3.46. The zero-order chi connectivity index (χ0) is 32.1. The van der Waals surface area contributed by atoms with Crippen LogP contribution < -0.4 is 0 Å². The maximum atomic E-state index is 14.4. The molecule has 0 saturated heterocycles. The highest BCUT2D eigenvalue weighted by Gasteiger charge is 2.76. The fourth-order valence-corrected chi connectivity index (χ4v) is 9.92. The van der Waals surface area contributed by atoms with Gasteiger partial charge in [-0.25, -0.2) is 4.79 Å². The van der Waals surface area contributed by atoms with E-state index in [4.69, 9.17) is 25.5 Å². The fraction of sp³-hybridized carbons (Fsp3) is 0.588. The third-order valence-electron chi connectivity index (χ3n) is 10.6. The number of carbonyl (C=O) groups excluding carboxylic acids is 4. The minimum absolute atomic E-state index is 0.0202. The fourth-order valence-electron chi connectivity index (χ4n) is 8.40. The lowest BCUT2D eigenvalue weighted by Crippen LogP contribution is -2.69. The van der Waals surface area contributed by atoms with Gasteiger partial charge < -0.3 is 19.0 Å². The zero-order valence-electron chi connectivity index (χ0n) is 25.7. The number of esters is 2. The van der Waals surface area contributed by atoms with Gasteiger partial charge in [0.25, 0.3) is 0 Å². The SMILES string of the molecule is CC(C)C(=O)OCC#CCSC(=O)[C@@]1(OC(=O)c2ccco2)[C@H](C)C[C@H]2[C@@H]3CCC4=CC(=O)C=C[C@]4(C)[C@@]3(Cl)[C@@H](O)C[C@@]21C. The number of hydrogen-bond acceptors (Lipinski definition) is 9. The molecule has 3 fully saturated rings.